The predicted octanol–water partition coefficient (Wildman–Crippen LogP) is 2.99. The molecule has 0 bridgehead atoms. The van der Waals surface area contributed by atoms with Crippen LogP contribution < -0.4 is 0 Å². The molecule has 6 heteroatoms. The topological polar surface area (TPSA) is 93.1 Å². The van der Waals surface area contributed by atoms with Crippen molar-refractivity contribution in [2.45, 2.75) is 33.3 Å². The lowest BCUT2D eigenvalue weighted by Gasteiger charge is -2.28. The zero-order valence-electron chi connectivity index (χ0n) is 13.7. The van der Waals surface area contributed by atoms with E-state index in [1.165, 1.54) is 0 Å². The van der Waals surface area contributed by atoms with Gasteiger partial charge in [0, 0.05) is 11.5 Å². The Kier molecular flexibility index (Phi) is 6.06. The van der Waals surface area contributed by atoms with Crippen molar-refractivity contribution in [1.82, 2.24) is 0 Å². The summed E-state index contributed by atoms with van der Waals surface area (Å²) in [7, 11) is 0. The van der Waals surface area contributed by atoms with Crippen LogP contribution in [0.1, 0.15) is 33.3 Å². The Morgan fingerprint density at radius 2 is 1.65 bits per heavy atom. The predicted molar refractivity (Wildman–Crippen MR) is 83.6 cm³/mol. The molecule has 0 fully saturated rings. The van der Waals surface area contributed by atoms with Gasteiger partial charge in [0.1, 0.15) is 5.60 Å². The number of aliphatic carboxylic acids is 2. The number of carboxylic acids is 2. The lowest BCUT2D eigenvalue weighted by molar-refractivity contribution is -0.366. The summed E-state index contributed by atoms with van der Waals surface area (Å²) in [5, 5.41) is 18.0. The van der Waals surface area contributed by atoms with E-state index in [0.717, 1.165) is 5.56 Å². The van der Waals surface area contributed by atoms with Gasteiger partial charge in [0.25, 0.3) is 0 Å². The maximum Gasteiger partial charge on any atom is 0.332 e. The monoisotopic (exact) mass is 322 g/mol. The average Bonchev–Trinajstić information content (AvgIpc) is 2.44. The molecule has 0 saturated carbocycles. The van der Waals surface area contributed by atoms with Crippen LogP contribution in [0.2, 0.25) is 0 Å². The maximum atomic E-state index is 11.2. The molecule has 0 spiro atoms. The van der Waals surface area contributed by atoms with Gasteiger partial charge in [-0.25, -0.2) is 19.4 Å². The summed E-state index contributed by atoms with van der Waals surface area (Å²) in [5.74, 6) is -2.62. The van der Waals surface area contributed by atoms with E-state index in [1.807, 2.05) is 44.2 Å². The molecule has 6 nitrogen and oxygen atoms in total. The fourth-order valence-electron chi connectivity index (χ4n) is 1.96. The summed E-state index contributed by atoms with van der Waals surface area (Å²) < 4.78 is 0. The standard InChI is InChI=1S/C17H22O6/c1-16(2,13(15(20)21)10-14(18)19)11-22-23-17(3,4)12-8-6-5-7-9-12/h5-10H,11H2,1-4H3,(H,18,19)(H,20,21)/b13-10-. The van der Waals surface area contributed by atoms with E-state index in [-0.39, 0.29) is 12.2 Å². The van der Waals surface area contributed by atoms with E-state index in [9.17, 15) is 9.59 Å². The van der Waals surface area contributed by atoms with E-state index in [2.05, 4.69) is 0 Å². The summed E-state index contributed by atoms with van der Waals surface area (Å²) >= 11 is 0. The normalized spacial score (nSPS) is 13.0. The highest BCUT2D eigenvalue weighted by atomic mass is 17.2. The molecule has 0 aliphatic carbocycles. The van der Waals surface area contributed by atoms with Crippen LogP contribution in [-0.2, 0) is 25.0 Å². The molecular formula is C17H22O6. The van der Waals surface area contributed by atoms with Crippen LogP contribution in [0.5, 0.6) is 0 Å². The number of benzene rings is 1. The number of rotatable bonds is 8. The molecular weight excluding hydrogens is 300 g/mol. The highest BCUT2D eigenvalue weighted by Gasteiger charge is 2.32. The molecule has 0 heterocycles. The largest absolute Gasteiger partial charge is 0.478 e. The van der Waals surface area contributed by atoms with Gasteiger partial charge >= 0.3 is 11.9 Å². The molecule has 0 radical (unpaired) electrons. The molecule has 0 aliphatic heterocycles. The Bertz CT molecular complexity index is 586. The van der Waals surface area contributed by atoms with Crippen molar-refractivity contribution >= 4 is 11.9 Å². The quantitative estimate of drug-likeness (QED) is 0.434. The van der Waals surface area contributed by atoms with Gasteiger partial charge in [0.05, 0.1) is 12.2 Å². The van der Waals surface area contributed by atoms with Gasteiger partial charge in [0.15, 0.2) is 0 Å². The summed E-state index contributed by atoms with van der Waals surface area (Å²) in [6, 6.07) is 9.42. The van der Waals surface area contributed by atoms with Crippen molar-refractivity contribution in [2.24, 2.45) is 5.41 Å². The average molecular weight is 322 g/mol. The van der Waals surface area contributed by atoms with E-state index in [4.69, 9.17) is 20.0 Å². The van der Waals surface area contributed by atoms with Gasteiger partial charge in [-0.3, -0.25) is 0 Å². The summed E-state index contributed by atoms with van der Waals surface area (Å²) in [4.78, 5) is 32.7. The Hall–Kier alpha value is -2.18. The molecule has 1 rings (SSSR count). The van der Waals surface area contributed by atoms with Crippen LogP contribution in [0, 0.1) is 5.41 Å². The Morgan fingerprint density at radius 1 is 1.09 bits per heavy atom. The third-order valence-electron chi connectivity index (χ3n) is 3.38. The zero-order valence-corrected chi connectivity index (χ0v) is 13.7. The minimum atomic E-state index is -1.32. The molecule has 0 unspecified atom stereocenters. The van der Waals surface area contributed by atoms with E-state index < -0.39 is 23.0 Å². The first-order chi connectivity index (χ1) is 10.6. The summed E-state index contributed by atoms with van der Waals surface area (Å²) in [5.41, 5.74) is -1.11. The second-order valence-corrected chi connectivity index (χ2v) is 6.31. The number of carboxylic acid groups (broad SMARTS) is 2. The molecule has 0 aromatic heterocycles. The summed E-state index contributed by atoms with van der Waals surface area (Å²) in [6.07, 6.45) is 0.675. The molecule has 0 amide bonds. The molecule has 1 aromatic rings. The number of hydrogen-bond acceptors (Lipinski definition) is 4. The van der Waals surface area contributed by atoms with Crippen molar-refractivity contribution in [3.05, 3.63) is 47.5 Å². The maximum absolute atomic E-state index is 11.2. The fraction of sp³-hybridized carbons (Fsp3) is 0.412. The van der Waals surface area contributed by atoms with Crippen molar-refractivity contribution in [1.29, 1.82) is 0 Å². The van der Waals surface area contributed by atoms with Crippen molar-refractivity contribution in [3.8, 4) is 0 Å². The van der Waals surface area contributed by atoms with Gasteiger partial charge in [-0.05, 0) is 19.4 Å². The van der Waals surface area contributed by atoms with Crippen LogP contribution in [0.15, 0.2) is 42.0 Å². The number of hydrogen-bond donors (Lipinski definition) is 2. The third-order valence-corrected chi connectivity index (χ3v) is 3.38. The van der Waals surface area contributed by atoms with Crippen molar-refractivity contribution in [3.63, 3.8) is 0 Å². The van der Waals surface area contributed by atoms with E-state index in [0.29, 0.717) is 6.08 Å². The van der Waals surface area contributed by atoms with Crippen LogP contribution >= 0.6 is 0 Å². The second-order valence-electron chi connectivity index (χ2n) is 6.31. The Balaban J connectivity index is 2.76. The Morgan fingerprint density at radius 3 is 2.13 bits per heavy atom. The second kappa shape index (κ2) is 7.39. The highest BCUT2D eigenvalue weighted by molar-refractivity contribution is 5.95. The SMILES string of the molecule is CC(C)(COOC(C)(C)c1ccccc1)/C(=C\C(=O)O)C(=O)O. The van der Waals surface area contributed by atoms with Gasteiger partial charge in [0.2, 0.25) is 0 Å². The first-order valence-electron chi connectivity index (χ1n) is 7.11. The van der Waals surface area contributed by atoms with Crippen molar-refractivity contribution < 1.29 is 29.6 Å². The van der Waals surface area contributed by atoms with Crippen LogP contribution in [0.3, 0.4) is 0 Å². The molecule has 0 saturated heterocycles. The van der Waals surface area contributed by atoms with E-state index in [1.54, 1.807) is 13.8 Å². The van der Waals surface area contributed by atoms with Gasteiger partial charge < -0.3 is 10.2 Å². The minimum Gasteiger partial charge on any atom is -0.478 e. The van der Waals surface area contributed by atoms with Gasteiger partial charge in [-0.1, -0.05) is 44.2 Å². The number of carbonyl (C=O) groups is 2. The zero-order chi connectivity index (χ0) is 17.7. The first kappa shape index (κ1) is 18.9. The molecule has 23 heavy (non-hydrogen) atoms. The lowest BCUT2D eigenvalue weighted by Crippen LogP contribution is -2.30. The Labute approximate surface area is 135 Å². The minimum absolute atomic E-state index is 0.103. The first-order valence-corrected chi connectivity index (χ1v) is 7.11. The van der Waals surface area contributed by atoms with Gasteiger partial charge in [-0.2, -0.15) is 0 Å². The van der Waals surface area contributed by atoms with Crippen LogP contribution in [0.25, 0.3) is 0 Å². The molecule has 2 N–H and O–H groups in total. The fourth-order valence-corrected chi connectivity index (χ4v) is 1.96. The van der Waals surface area contributed by atoms with Gasteiger partial charge in [-0.15, -0.1) is 0 Å². The molecule has 0 aliphatic rings. The van der Waals surface area contributed by atoms with Crippen LogP contribution in [-0.4, -0.2) is 28.8 Å². The summed E-state index contributed by atoms with van der Waals surface area (Å²) in [6.45, 7) is 6.69. The smallest absolute Gasteiger partial charge is 0.332 e. The highest BCUT2D eigenvalue weighted by Crippen LogP contribution is 2.30. The van der Waals surface area contributed by atoms with Crippen molar-refractivity contribution in [2.75, 3.05) is 6.61 Å². The molecule has 0 atom stereocenters. The van der Waals surface area contributed by atoms with E-state index >= 15 is 0 Å². The third kappa shape index (κ3) is 5.50. The lowest BCUT2D eigenvalue weighted by atomic mass is 9.85. The molecule has 126 valence electrons. The van der Waals surface area contributed by atoms with Crippen LogP contribution in [0.4, 0.5) is 0 Å². The molecule has 1 aromatic carbocycles.